The number of nitrogens with one attached hydrogen (secondary N) is 2. The molecule has 0 aliphatic rings. The lowest BCUT2D eigenvalue weighted by Gasteiger charge is -1.99. The summed E-state index contributed by atoms with van der Waals surface area (Å²) in [7, 11) is 0. The van der Waals surface area contributed by atoms with Crippen LogP contribution in [0.5, 0.6) is 0 Å². The first-order valence-corrected chi connectivity index (χ1v) is 3.85. The molecular weight excluding hydrogens is 162 g/mol. The summed E-state index contributed by atoms with van der Waals surface area (Å²) >= 11 is 0. The summed E-state index contributed by atoms with van der Waals surface area (Å²) in [6.07, 6.45) is 1.50. The highest BCUT2D eigenvalue weighted by Crippen LogP contribution is 2.05. The van der Waals surface area contributed by atoms with E-state index in [0.29, 0.717) is 23.3 Å². The molecule has 1 aromatic rings. The van der Waals surface area contributed by atoms with Crippen LogP contribution in [0, 0.1) is 22.1 Å². The van der Waals surface area contributed by atoms with Crippen molar-refractivity contribution in [3.8, 4) is 6.07 Å². The van der Waals surface area contributed by atoms with E-state index in [1.807, 2.05) is 6.07 Å². The minimum absolute atomic E-state index is 0.314. The zero-order chi connectivity index (χ0) is 9.68. The highest BCUT2D eigenvalue weighted by molar-refractivity contribution is 6.05. The van der Waals surface area contributed by atoms with E-state index in [0.717, 1.165) is 0 Å². The van der Waals surface area contributed by atoms with Gasteiger partial charge in [-0.2, -0.15) is 5.26 Å². The summed E-state index contributed by atoms with van der Waals surface area (Å²) in [6, 6.07) is 8.88. The van der Waals surface area contributed by atoms with Crippen LogP contribution in [0.1, 0.15) is 17.5 Å². The number of hydrogen-bond acceptors (Lipinski definition) is 3. The molecule has 0 saturated carbocycles. The Bertz CT molecular complexity index is 374. The molecule has 1 rings (SSSR count). The Morgan fingerprint density at radius 3 is 2.92 bits per heavy atom. The highest BCUT2D eigenvalue weighted by atomic mass is 14.4. The first kappa shape index (κ1) is 9.14. The molecule has 3 heteroatoms. The molecule has 0 aliphatic carbocycles. The van der Waals surface area contributed by atoms with E-state index in [1.54, 1.807) is 24.3 Å². The average molecular weight is 171 g/mol. The predicted octanol–water partition coefficient (Wildman–Crippen LogP) is 1.97. The summed E-state index contributed by atoms with van der Waals surface area (Å²) in [6.45, 7) is 0. The van der Waals surface area contributed by atoms with E-state index in [1.165, 1.54) is 6.21 Å². The van der Waals surface area contributed by atoms with Crippen LogP contribution in [0.2, 0.25) is 0 Å². The van der Waals surface area contributed by atoms with Crippen molar-refractivity contribution in [2.45, 2.75) is 6.42 Å². The third-order valence-electron chi connectivity index (χ3n) is 1.65. The maximum absolute atomic E-state index is 8.61. The molecule has 3 nitrogen and oxygen atoms in total. The topological polar surface area (TPSA) is 71.5 Å². The monoisotopic (exact) mass is 171 g/mol. The van der Waals surface area contributed by atoms with Crippen molar-refractivity contribution < 1.29 is 0 Å². The molecule has 13 heavy (non-hydrogen) atoms. The van der Waals surface area contributed by atoms with Crippen LogP contribution in [0.25, 0.3) is 0 Å². The van der Waals surface area contributed by atoms with E-state index in [9.17, 15) is 0 Å². The Morgan fingerprint density at radius 2 is 2.31 bits per heavy atom. The third kappa shape index (κ3) is 2.24. The number of hydrogen-bond donors (Lipinski definition) is 2. The van der Waals surface area contributed by atoms with E-state index in [2.05, 4.69) is 0 Å². The Hall–Kier alpha value is -1.95. The molecule has 0 bridgehead atoms. The molecule has 0 saturated heterocycles. The summed E-state index contributed by atoms with van der Waals surface area (Å²) in [5, 5.41) is 23.0. The van der Waals surface area contributed by atoms with Crippen molar-refractivity contribution in [1.82, 2.24) is 0 Å². The zero-order valence-corrected chi connectivity index (χ0v) is 7.04. The van der Waals surface area contributed by atoms with Gasteiger partial charge < -0.3 is 10.8 Å². The van der Waals surface area contributed by atoms with Gasteiger partial charge in [-0.25, -0.2) is 0 Å². The number of nitrogens with zero attached hydrogens (tertiary/aromatic N) is 1. The fraction of sp³-hybridized carbons (Fsp3) is 0.100. The van der Waals surface area contributed by atoms with Gasteiger partial charge in [0.15, 0.2) is 0 Å². The second kappa shape index (κ2) is 4.17. The van der Waals surface area contributed by atoms with Crippen LogP contribution in [-0.2, 0) is 0 Å². The molecule has 0 aliphatic heterocycles. The zero-order valence-electron chi connectivity index (χ0n) is 7.04. The standard InChI is InChI=1S/C10H9N3/c11-5-4-10(13)9-3-1-2-8(6-9)7-12/h1-3,5-6,11,13H,4H2. The largest absolute Gasteiger partial charge is 0.313 e. The van der Waals surface area contributed by atoms with Gasteiger partial charge in [0, 0.05) is 18.3 Å². The molecule has 0 atom stereocenters. The molecule has 0 fully saturated rings. The van der Waals surface area contributed by atoms with E-state index >= 15 is 0 Å². The molecule has 0 aromatic heterocycles. The minimum Gasteiger partial charge on any atom is -0.313 e. The van der Waals surface area contributed by atoms with Gasteiger partial charge in [-0.1, -0.05) is 12.1 Å². The lowest BCUT2D eigenvalue weighted by atomic mass is 10.1. The van der Waals surface area contributed by atoms with Crippen molar-refractivity contribution in [2.24, 2.45) is 0 Å². The van der Waals surface area contributed by atoms with E-state index < -0.39 is 0 Å². The van der Waals surface area contributed by atoms with Gasteiger partial charge in [-0.15, -0.1) is 0 Å². The minimum atomic E-state index is 0.314. The van der Waals surface area contributed by atoms with Crippen molar-refractivity contribution in [3.63, 3.8) is 0 Å². The Kier molecular flexibility index (Phi) is 2.93. The van der Waals surface area contributed by atoms with Gasteiger partial charge in [0.25, 0.3) is 0 Å². The number of nitriles is 1. The average Bonchev–Trinajstić information content (AvgIpc) is 2.18. The van der Waals surface area contributed by atoms with Crippen molar-refractivity contribution in [3.05, 3.63) is 35.4 Å². The van der Waals surface area contributed by atoms with Crippen LogP contribution in [0.3, 0.4) is 0 Å². The van der Waals surface area contributed by atoms with E-state index in [-0.39, 0.29) is 0 Å². The first-order chi connectivity index (χ1) is 6.27. The molecule has 2 N–H and O–H groups in total. The van der Waals surface area contributed by atoms with Gasteiger partial charge in [0.2, 0.25) is 0 Å². The molecular formula is C10H9N3. The summed E-state index contributed by atoms with van der Waals surface area (Å²) in [4.78, 5) is 0. The van der Waals surface area contributed by atoms with Crippen LogP contribution in [0.4, 0.5) is 0 Å². The van der Waals surface area contributed by atoms with Gasteiger partial charge in [-0.3, -0.25) is 0 Å². The smallest absolute Gasteiger partial charge is 0.0991 e. The van der Waals surface area contributed by atoms with Crippen LogP contribution >= 0.6 is 0 Å². The molecule has 1 aromatic carbocycles. The molecule has 64 valence electrons. The summed E-state index contributed by atoms with van der Waals surface area (Å²) < 4.78 is 0. The van der Waals surface area contributed by atoms with Crippen molar-refractivity contribution >= 4 is 11.9 Å². The normalized spacial score (nSPS) is 8.85. The second-order valence-electron chi connectivity index (χ2n) is 2.58. The quantitative estimate of drug-likeness (QED) is 0.670. The van der Waals surface area contributed by atoms with Crippen molar-refractivity contribution in [1.29, 1.82) is 16.1 Å². The van der Waals surface area contributed by atoms with Crippen LogP contribution in [-0.4, -0.2) is 11.9 Å². The Labute approximate surface area is 76.7 Å². The van der Waals surface area contributed by atoms with Gasteiger partial charge in [0.1, 0.15) is 0 Å². The molecule has 0 heterocycles. The predicted molar refractivity (Wildman–Crippen MR) is 51.4 cm³/mol. The molecule has 0 amide bonds. The molecule has 0 spiro atoms. The van der Waals surface area contributed by atoms with Gasteiger partial charge >= 0.3 is 0 Å². The maximum Gasteiger partial charge on any atom is 0.0991 e. The molecule has 0 unspecified atom stereocenters. The number of rotatable bonds is 3. The fourth-order valence-electron chi connectivity index (χ4n) is 0.996. The van der Waals surface area contributed by atoms with Gasteiger partial charge in [-0.05, 0) is 17.7 Å². The Balaban J connectivity index is 2.96. The fourth-order valence-corrected chi connectivity index (χ4v) is 0.996. The maximum atomic E-state index is 8.61. The van der Waals surface area contributed by atoms with Crippen molar-refractivity contribution in [2.75, 3.05) is 0 Å². The lowest BCUT2D eigenvalue weighted by Crippen LogP contribution is -1.99. The first-order valence-electron chi connectivity index (χ1n) is 3.85. The second-order valence-corrected chi connectivity index (χ2v) is 2.58. The van der Waals surface area contributed by atoms with Gasteiger partial charge in [0.05, 0.1) is 11.6 Å². The highest BCUT2D eigenvalue weighted by Gasteiger charge is 1.99. The third-order valence-corrected chi connectivity index (χ3v) is 1.65. The molecule has 0 radical (unpaired) electrons. The van der Waals surface area contributed by atoms with Crippen LogP contribution in [0.15, 0.2) is 24.3 Å². The SMILES string of the molecule is N#Cc1cccc(C(=N)CC=N)c1. The lowest BCUT2D eigenvalue weighted by molar-refractivity contribution is 1.38. The Morgan fingerprint density at radius 1 is 1.54 bits per heavy atom. The van der Waals surface area contributed by atoms with Crippen LogP contribution < -0.4 is 0 Å². The summed E-state index contributed by atoms with van der Waals surface area (Å²) in [5.41, 5.74) is 1.63. The summed E-state index contributed by atoms with van der Waals surface area (Å²) in [5.74, 6) is 0. The number of benzene rings is 1. The van der Waals surface area contributed by atoms with E-state index in [4.69, 9.17) is 16.1 Å².